The van der Waals surface area contributed by atoms with Gasteiger partial charge in [0.05, 0.1) is 6.33 Å². The van der Waals surface area contributed by atoms with Crippen LogP contribution in [0.2, 0.25) is 0 Å². The molecule has 0 aliphatic carbocycles. The molecule has 1 aromatic carbocycles. The van der Waals surface area contributed by atoms with Crippen LogP contribution in [0.4, 0.5) is 16.3 Å². The Morgan fingerprint density at radius 1 is 1.27 bits per heavy atom. The van der Waals surface area contributed by atoms with Gasteiger partial charge in [-0.05, 0) is 24.6 Å². The van der Waals surface area contributed by atoms with Gasteiger partial charge in [0.25, 0.3) is 0 Å². The van der Waals surface area contributed by atoms with Crippen LogP contribution in [0.5, 0.6) is 0 Å². The molecule has 0 fully saturated rings. The summed E-state index contributed by atoms with van der Waals surface area (Å²) in [4.78, 5) is 15.8. The molecular weight excluding hydrogens is 280 g/mol. The molecule has 0 spiro atoms. The van der Waals surface area contributed by atoms with Crippen molar-refractivity contribution in [2.45, 2.75) is 13.5 Å². The summed E-state index contributed by atoms with van der Waals surface area (Å²) >= 11 is 0. The minimum atomic E-state index is -0.325. The van der Waals surface area contributed by atoms with E-state index in [0.717, 1.165) is 23.5 Å². The standard InChI is InChI=1S/C15H16N6O/c1-11-8-14(20-19-11)18-15(22)17-13-4-2-12(3-5-13)9-21-7-6-16-10-21/h2-8,10H,9H2,1H3,(H3,17,18,19,20,22). The molecule has 22 heavy (non-hydrogen) atoms. The number of aromatic nitrogens is 4. The lowest BCUT2D eigenvalue weighted by molar-refractivity contribution is 0.262. The SMILES string of the molecule is Cc1cc(NC(=O)Nc2ccc(Cn3ccnc3)cc2)n[nH]1. The van der Waals surface area contributed by atoms with Gasteiger partial charge in [0, 0.05) is 36.4 Å². The summed E-state index contributed by atoms with van der Waals surface area (Å²) in [6.07, 6.45) is 5.42. The maximum atomic E-state index is 11.8. The second kappa shape index (κ2) is 6.13. The van der Waals surface area contributed by atoms with E-state index in [2.05, 4.69) is 25.8 Å². The molecule has 2 amide bonds. The fourth-order valence-corrected chi connectivity index (χ4v) is 2.05. The molecule has 3 rings (SSSR count). The number of aromatic amines is 1. The van der Waals surface area contributed by atoms with Crippen molar-refractivity contribution in [3.63, 3.8) is 0 Å². The molecule has 3 N–H and O–H groups in total. The average Bonchev–Trinajstić information content (AvgIpc) is 3.13. The van der Waals surface area contributed by atoms with Gasteiger partial charge in [0.1, 0.15) is 0 Å². The van der Waals surface area contributed by atoms with E-state index in [1.54, 1.807) is 18.6 Å². The van der Waals surface area contributed by atoms with Gasteiger partial charge >= 0.3 is 6.03 Å². The number of aryl methyl sites for hydroxylation is 1. The lowest BCUT2D eigenvalue weighted by Gasteiger charge is -2.07. The zero-order valence-corrected chi connectivity index (χ0v) is 12.1. The third kappa shape index (κ3) is 3.51. The van der Waals surface area contributed by atoms with Crippen molar-refractivity contribution in [2.24, 2.45) is 0 Å². The van der Waals surface area contributed by atoms with Crippen LogP contribution in [0.3, 0.4) is 0 Å². The highest BCUT2D eigenvalue weighted by Gasteiger charge is 2.05. The number of nitrogens with one attached hydrogen (secondary N) is 3. The molecule has 0 saturated carbocycles. The van der Waals surface area contributed by atoms with E-state index < -0.39 is 0 Å². The first-order valence-electron chi connectivity index (χ1n) is 6.84. The zero-order chi connectivity index (χ0) is 15.4. The Labute approximate surface area is 127 Å². The number of hydrogen-bond donors (Lipinski definition) is 3. The van der Waals surface area contributed by atoms with E-state index in [4.69, 9.17) is 0 Å². The quantitative estimate of drug-likeness (QED) is 0.691. The van der Waals surface area contributed by atoms with E-state index in [9.17, 15) is 4.79 Å². The lowest BCUT2D eigenvalue weighted by atomic mass is 10.2. The molecule has 112 valence electrons. The number of nitrogens with zero attached hydrogens (tertiary/aromatic N) is 3. The number of hydrogen-bond acceptors (Lipinski definition) is 3. The highest BCUT2D eigenvalue weighted by atomic mass is 16.2. The monoisotopic (exact) mass is 296 g/mol. The Balaban J connectivity index is 1.57. The van der Waals surface area contributed by atoms with Gasteiger partial charge in [-0.15, -0.1) is 0 Å². The van der Waals surface area contributed by atoms with Gasteiger partial charge in [-0.25, -0.2) is 9.78 Å². The molecule has 0 unspecified atom stereocenters. The predicted octanol–water partition coefficient (Wildman–Crippen LogP) is 2.61. The van der Waals surface area contributed by atoms with Gasteiger partial charge in [0.2, 0.25) is 0 Å². The topological polar surface area (TPSA) is 87.6 Å². The van der Waals surface area contributed by atoms with Crippen LogP contribution in [0.25, 0.3) is 0 Å². The van der Waals surface area contributed by atoms with E-state index in [1.807, 2.05) is 42.0 Å². The first-order chi connectivity index (χ1) is 10.7. The molecule has 2 heterocycles. The first-order valence-corrected chi connectivity index (χ1v) is 6.84. The molecular formula is C15H16N6O. The van der Waals surface area contributed by atoms with E-state index >= 15 is 0 Å². The Hall–Kier alpha value is -3.09. The minimum absolute atomic E-state index is 0.325. The van der Waals surface area contributed by atoms with Gasteiger partial charge in [0.15, 0.2) is 5.82 Å². The van der Waals surface area contributed by atoms with Gasteiger partial charge in [-0.2, -0.15) is 5.10 Å². The largest absolute Gasteiger partial charge is 0.333 e. The normalized spacial score (nSPS) is 10.4. The fourth-order valence-electron chi connectivity index (χ4n) is 2.05. The second-order valence-electron chi connectivity index (χ2n) is 4.95. The summed E-state index contributed by atoms with van der Waals surface area (Å²) in [6, 6.07) is 9.09. The third-order valence-electron chi connectivity index (χ3n) is 3.08. The molecule has 0 saturated heterocycles. The lowest BCUT2D eigenvalue weighted by Crippen LogP contribution is -2.19. The molecule has 0 atom stereocenters. The van der Waals surface area contributed by atoms with Gasteiger partial charge < -0.3 is 9.88 Å². The van der Waals surface area contributed by atoms with E-state index in [0.29, 0.717) is 5.82 Å². The maximum absolute atomic E-state index is 11.8. The zero-order valence-electron chi connectivity index (χ0n) is 12.1. The van der Waals surface area contributed by atoms with Crippen molar-refractivity contribution in [1.29, 1.82) is 0 Å². The summed E-state index contributed by atoms with van der Waals surface area (Å²) in [5.41, 5.74) is 2.74. The maximum Gasteiger partial charge on any atom is 0.324 e. The highest BCUT2D eigenvalue weighted by Crippen LogP contribution is 2.12. The molecule has 3 aromatic rings. The molecule has 0 bridgehead atoms. The molecule has 0 aliphatic rings. The van der Waals surface area contributed by atoms with Crippen LogP contribution in [0.1, 0.15) is 11.3 Å². The van der Waals surface area contributed by atoms with E-state index in [1.165, 1.54) is 0 Å². The Bertz CT molecular complexity index is 745. The van der Waals surface area contributed by atoms with Gasteiger partial charge in [-0.3, -0.25) is 10.4 Å². The summed E-state index contributed by atoms with van der Waals surface area (Å²) in [6.45, 7) is 2.62. The molecule has 2 aromatic heterocycles. The van der Waals surface area contributed by atoms with Crippen LogP contribution in [-0.4, -0.2) is 25.8 Å². The van der Waals surface area contributed by atoms with Crippen LogP contribution in [0.15, 0.2) is 49.1 Å². The van der Waals surface area contributed by atoms with E-state index in [-0.39, 0.29) is 6.03 Å². The fraction of sp³-hybridized carbons (Fsp3) is 0.133. The number of carbonyl (C=O) groups is 1. The molecule has 7 nitrogen and oxygen atoms in total. The van der Waals surface area contributed by atoms with Crippen molar-refractivity contribution in [2.75, 3.05) is 10.6 Å². The first kappa shape index (κ1) is 13.9. The number of carbonyl (C=O) groups excluding carboxylic acids is 1. The van der Waals surface area contributed by atoms with Crippen molar-refractivity contribution in [1.82, 2.24) is 19.7 Å². The van der Waals surface area contributed by atoms with Gasteiger partial charge in [-0.1, -0.05) is 12.1 Å². The number of anilines is 2. The van der Waals surface area contributed by atoms with Crippen molar-refractivity contribution in [3.8, 4) is 0 Å². The van der Waals surface area contributed by atoms with Crippen molar-refractivity contribution >= 4 is 17.5 Å². The number of amides is 2. The third-order valence-corrected chi connectivity index (χ3v) is 3.08. The number of H-pyrrole nitrogens is 1. The summed E-state index contributed by atoms with van der Waals surface area (Å²) in [5, 5.41) is 12.1. The summed E-state index contributed by atoms with van der Waals surface area (Å²) in [5.74, 6) is 0.492. The summed E-state index contributed by atoms with van der Waals surface area (Å²) < 4.78 is 1.98. The number of imidazole rings is 1. The summed E-state index contributed by atoms with van der Waals surface area (Å²) in [7, 11) is 0. The average molecular weight is 296 g/mol. The van der Waals surface area contributed by atoms with Crippen LogP contribution < -0.4 is 10.6 Å². The Morgan fingerprint density at radius 2 is 2.09 bits per heavy atom. The molecule has 7 heteroatoms. The van der Waals surface area contributed by atoms with Crippen molar-refractivity contribution < 1.29 is 4.79 Å². The highest BCUT2D eigenvalue weighted by molar-refractivity contribution is 5.99. The second-order valence-corrected chi connectivity index (χ2v) is 4.95. The van der Waals surface area contributed by atoms with Crippen molar-refractivity contribution in [3.05, 3.63) is 60.3 Å². The van der Waals surface area contributed by atoms with Crippen LogP contribution in [0, 0.1) is 6.92 Å². The molecule has 0 aliphatic heterocycles. The Morgan fingerprint density at radius 3 is 2.73 bits per heavy atom. The molecule has 0 radical (unpaired) electrons. The number of benzene rings is 1. The number of urea groups is 1. The number of rotatable bonds is 4. The predicted molar refractivity (Wildman–Crippen MR) is 83.7 cm³/mol. The Kier molecular flexibility index (Phi) is 3.86. The smallest absolute Gasteiger partial charge is 0.324 e. The van der Waals surface area contributed by atoms with Crippen LogP contribution in [-0.2, 0) is 6.54 Å². The minimum Gasteiger partial charge on any atom is -0.333 e. The van der Waals surface area contributed by atoms with Crippen LogP contribution >= 0.6 is 0 Å².